The molecule has 0 aliphatic carbocycles. The number of phenols is 1. The van der Waals surface area contributed by atoms with Crippen molar-refractivity contribution >= 4 is 29.6 Å². The van der Waals surface area contributed by atoms with Gasteiger partial charge in [-0.05, 0) is 31.9 Å². The summed E-state index contributed by atoms with van der Waals surface area (Å²) in [4.78, 5) is 0. The van der Waals surface area contributed by atoms with Crippen LogP contribution in [0.3, 0.4) is 0 Å². The van der Waals surface area contributed by atoms with Gasteiger partial charge in [0.05, 0.1) is 0 Å². The zero-order valence-corrected chi connectivity index (χ0v) is 6.60. The fourth-order valence-corrected chi connectivity index (χ4v) is 1.17. The Morgan fingerprint density at radius 2 is 1.36 bits per heavy atom. The van der Waals surface area contributed by atoms with Crippen LogP contribution in [0.1, 0.15) is 16.7 Å². The van der Waals surface area contributed by atoms with E-state index in [0.717, 1.165) is 11.1 Å². The number of hydrogen-bond acceptors (Lipinski definition) is 1. The molecule has 0 heterocycles. The Labute approximate surface area is 89.7 Å². The molecule has 0 saturated heterocycles. The molecule has 2 heteroatoms. The average Bonchev–Trinajstić information content (AvgIpc) is 1.82. The van der Waals surface area contributed by atoms with Crippen molar-refractivity contribution in [1.82, 2.24) is 0 Å². The third-order valence-corrected chi connectivity index (χ3v) is 1.64. The number of phenolic OH excluding ortho intramolecular Hbond substituents is 1. The van der Waals surface area contributed by atoms with Gasteiger partial charge in [0.15, 0.2) is 0 Å². The van der Waals surface area contributed by atoms with Crippen LogP contribution < -0.4 is 0 Å². The molecular weight excluding hydrogens is 147 g/mol. The molecule has 1 nitrogen and oxygen atoms in total. The van der Waals surface area contributed by atoms with Gasteiger partial charge in [0.1, 0.15) is 5.75 Å². The Hall–Kier alpha value is 0.0200. The SMILES string of the molecule is Cc1cc(C)c(O)c(C)c1.[NaH]. The Kier molecular flexibility index (Phi) is 4.16. The number of aromatic hydroxyl groups is 1. The van der Waals surface area contributed by atoms with Gasteiger partial charge >= 0.3 is 29.6 Å². The minimum absolute atomic E-state index is 0. The van der Waals surface area contributed by atoms with E-state index in [0.29, 0.717) is 5.75 Å². The van der Waals surface area contributed by atoms with E-state index in [9.17, 15) is 5.11 Å². The fourth-order valence-electron chi connectivity index (χ4n) is 1.17. The average molecular weight is 160 g/mol. The second-order valence-electron chi connectivity index (χ2n) is 2.75. The summed E-state index contributed by atoms with van der Waals surface area (Å²) in [6.07, 6.45) is 0. The first kappa shape index (κ1) is 11.0. The summed E-state index contributed by atoms with van der Waals surface area (Å²) in [6, 6.07) is 3.95. The number of benzene rings is 1. The van der Waals surface area contributed by atoms with Crippen molar-refractivity contribution in [2.24, 2.45) is 0 Å². The fraction of sp³-hybridized carbons (Fsp3) is 0.333. The Morgan fingerprint density at radius 3 is 1.73 bits per heavy atom. The molecule has 0 aliphatic heterocycles. The maximum atomic E-state index is 9.33. The van der Waals surface area contributed by atoms with Crippen LogP contribution in [0.2, 0.25) is 0 Å². The molecule has 1 aromatic rings. The van der Waals surface area contributed by atoms with E-state index in [4.69, 9.17) is 0 Å². The van der Waals surface area contributed by atoms with Gasteiger partial charge in [0.2, 0.25) is 0 Å². The van der Waals surface area contributed by atoms with Gasteiger partial charge in [-0.3, -0.25) is 0 Å². The first-order valence-electron chi connectivity index (χ1n) is 3.38. The predicted molar refractivity (Wildman–Crippen MR) is 49.5 cm³/mol. The van der Waals surface area contributed by atoms with Crippen LogP contribution in [0.5, 0.6) is 5.75 Å². The first-order chi connectivity index (χ1) is 4.61. The summed E-state index contributed by atoms with van der Waals surface area (Å²) in [5.74, 6) is 0.422. The predicted octanol–water partition coefficient (Wildman–Crippen LogP) is 1.67. The molecule has 0 spiro atoms. The topological polar surface area (TPSA) is 20.2 Å². The molecule has 1 rings (SSSR count). The van der Waals surface area contributed by atoms with E-state index in [-0.39, 0.29) is 29.6 Å². The molecular formula is C9H13NaO. The van der Waals surface area contributed by atoms with E-state index in [1.165, 1.54) is 5.56 Å². The van der Waals surface area contributed by atoms with Crippen molar-refractivity contribution in [1.29, 1.82) is 0 Å². The van der Waals surface area contributed by atoms with Gasteiger partial charge in [0.25, 0.3) is 0 Å². The number of rotatable bonds is 0. The van der Waals surface area contributed by atoms with Crippen molar-refractivity contribution < 1.29 is 5.11 Å². The van der Waals surface area contributed by atoms with Crippen LogP contribution in [-0.2, 0) is 0 Å². The van der Waals surface area contributed by atoms with E-state index in [2.05, 4.69) is 0 Å². The maximum absolute atomic E-state index is 9.33. The second kappa shape index (κ2) is 4.15. The molecule has 0 fully saturated rings. The third kappa shape index (κ3) is 2.51. The summed E-state index contributed by atoms with van der Waals surface area (Å²) in [7, 11) is 0. The molecule has 0 atom stereocenters. The van der Waals surface area contributed by atoms with Crippen LogP contribution in [0, 0.1) is 20.8 Å². The van der Waals surface area contributed by atoms with Crippen molar-refractivity contribution in [3.63, 3.8) is 0 Å². The normalized spacial score (nSPS) is 9.00. The van der Waals surface area contributed by atoms with E-state index < -0.39 is 0 Å². The van der Waals surface area contributed by atoms with Crippen LogP contribution in [0.4, 0.5) is 0 Å². The van der Waals surface area contributed by atoms with Gasteiger partial charge in [-0.15, -0.1) is 0 Å². The molecule has 0 aliphatic rings. The summed E-state index contributed by atoms with van der Waals surface area (Å²) >= 11 is 0. The third-order valence-electron chi connectivity index (χ3n) is 1.64. The van der Waals surface area contributed by atoms with Gasteiger partial charge in [-0.2, -0.15) is 0 Å². The van der Waals surface area contributed by atoms with Gasteiger partial charge in [0, 0.05) is 0 Å². The summed E-state index contributed by atoms with van der Waals surface area (Å²) in [5.41, 5.74) is 3.11. The minimum atomic E-state index is 0. The van der Waals surface area contributed by atoms with Gasteiger partial charge < -0.3 is 5.11 Å². The van der Waals surface area contributed by atoms with Crippen LogP contribution in [0.25, 0.3) is 0 Å². The summed E-state index contributed by atoms with van der Waals surface area (Å²) in [5, 5.41) is 9.33. The van der Waals surface area contributed by atoms with Crippen LogP contribution >= 0.6 is 0 Å². The molecule has 56 valence electrons. The zero-order chi connectivity index (χ0) is 7.72. The molecule has 1 aromatic carbocycles. The Morgan fingerprint density at radius 1 is 1.00 bits per heavy atom. The van der Waals surface area contributed by atoms with Gasteiger partial charge in [-0.1, -0.05) is 17.7 Å². The quantitative estimate of drug-likeness (QED) is 0.572. The first-order valence-corrected chi connectivity index (χ1v) is 3.38. The van der Waals surface area contributed by atoms with E-state index >= 15 is 0 Å². The van der Waals surface area contributed by atoms with Crippen molar-refractivity contribution in [2.45, 2.75) is 20.8 Å². The van der Waals surface area contributed by atoms with E-state index in [1.807, 2.05) is 32.9 Å². The molecule has 0 radical (unpaired) electrons. The molecule has 0 unspecified atom stereocenters. The number of aryl methyl sites for hydroxylation is 3. The van der Waals surface area contributed by atoms with Crippen LogP contribution in [-0.4, -0.2) is 34.7 Å². The van der Waals surface area contributed by atoms with Crippen molar-refractivity contribution in [3.8, 4) is 5.75 Å². The summed E-state index contributed by atoms with van der Waals surface area (Å²) in [6.45, 7) is 5.85. The Bertz CT molecular complexity index is 233. The molecule has 0 amide bonds. The van der Waals surface area contributed by atoms with Crippen molar-refractivity contribution in [2.75, 3.05) is 0 Å². The molecule has 0 aromatic heterocycles. The van der Waals surface area contributed by atoms with E-state index in [1.54, 1.807) is 0 Å². The Balaban J connectivity index is 0.000001000. The molecule has 1 N–H and O–H groups in total. The number of hydrogen-bond donors (Lipinski definition) is 1. The van der Waals surface area contributed by atoms with Gasteiger partial charge in [-0.25, -0.2) is 0 Å². The van der Waals surface area contributed by atoms with Crippen molar-refractivity contribution in [3.05, 3.63) is 28.8 Å². The zero-order valence-electron chi connectivity index (χ0n) is 6.60. The summed E-state index contributed by atoms with van der Waals surface area (Å²) < 4.78 is 0. The molecule has 11 heavy (non-hydrogen) atoms. The standard InChI is InChI=1S/C9H12O.Na.H/c1-6-4-7(2)9(10)8(3)5-6;;/h4-5,10H,1-3H3;;. The second-order valence-corrected chi connectivity index (χ2v) is 2.75. The molecule has 0 bridgehead atoms. The monoisotopic (exact) mass is 160 g/mol. The van der Waals surface area contributed by atoms with Crippen LogP contribution in [0.15, 0.2) is 12.1 Å². The molecule has 0 saturated carbocycles.